The van der Waals surface area contributed by atoms with Crippen LogP contribution in [0.4, 0.5) is 4.39 Å². The molecule has 7 nitrogen and oxygen atoms in total. The summed E-state index contributed by atoms with van der Waals surface area (Å²) in [4.78, 5) is 51.9. The Bertz CT molecular complexity index is 861. The van der Waals surface area contributed by atoms with Crippen LogP contribution in [0.5, 0.6) is 0 Å². The molecular formula is C19H20FN3O4. The molecule has 142 valence electrons. The van der Waals surface area contributed by atoms with E-state index in [1.807, 2.05) is 11.9 Å². The fourth-order valence-corrected chi connectivity index (χ4v) is 4.01. The summed E-state index contributed by atoms with van der Waals surface area (Å²) in [6, 6.07) is 3.47. The first-order chi connectivity index (χ1) is 12.8. The number of fused-ring (bicyclic) bond motifs is 1. The minimum Gasteiger partial charge on any atom is -0.306 e. The number of hydrogen-bond donors (Lipinski definition) is 1. The average Bonchev–Trinajstić information content (AvgIpc) is 2.89. The molecule has 3 aliphatic rings. The summed E-state index contributed by atoms with van der Waals surface area (Å²) in [6.45, 7) is 1.23. The minimum absolute atomic E-state index is 0.0656. The number of piperidine rings is 2. The molecule has 8 heteroatoms. The highest BCUT2D eigenvalue weighted by atomic mass is 19.1. The van der Waals surface area contributed by atoms with Crippen molar-refractivity contribution in [1.82, 2.24) is 15.1 Å². The molecule has 1 unspecified atom stereocenters. The summed E-state index contributed by atoms with van der Waals surface area (Å²) in [5.74, 6) is -2.26. The van der Waals surface area contributed by atoms with E-state index in [0.717, 1.165) is 4.90 Å². The predicted octanol–water partition coefficient (Wildman–Crippen LogP) is 0.978. The Hall–Kier alpha value is -2.61. The van der Waals surface area contributed by atoms with Crippen LogP contribution < -0.4 is 5.32 Å². The van der Waals surface area contributed by atoms with E-state index in [9.17, 15) is 19.2 Å². The van der Waals surface area contributed by atoms with Gasteiger partial charge in [0, 0.05) is 19.5 Å². The zero-order valence-electron chi connectivity index (χ0n) is 15.0. The standard InChI is InChI=1S/C19H20FN3O4/c1-22-8-6-19(20,7-9-22)11-2-3-12-13(10-11)18(27)23(17(12)26)14-4-5-15(24)21-16(14)25/h2-3,10,14H,4-9H2,1H3,(H,21,24,25). The van der Waals surface area contributed by atoms with Gasteiger partial charge >= 0.3 is 0 Å². The fourth-order valence-electron chi connectivity index (χ4n) is 4.01. The lowest BCUT2D eigenvalue weighted by Crippen LogP contribution is -2.54. The Labute approximate surface area is 155 Å². The van der Waals surface area contributed by atoms with Crippen molar-refractivity contribution in [1.29, 1.82) is 0 Å². The van der Waals surface area contributed by atoms with Gasteiger partial charge in [-0.1, -0.05) is 6.07 Å². The highest BCUT2D eigenvalue weighted by Crippen LogP contribution is 2.39. The van der Waals surface area contributed by atoms with Gasteiger partial charge in [0.1, 0.15) is 11.7 Å². The number of alkyl halides is 1. The molecule has 1 atom stereocenters. The summed E-state index contributed by atoms with van der Waals surface area (Å²) < 4.78 is 15.4. The lowest BCUT2D eigenvalue weighted by atomic mass is 9.85. The van der Waals surface area contributed by atoms with E-state index in [4.69, 9.17) is 0 Å². The number of hydrogen-bond acceptors (Lipinski definition) is 5. The van der Waals surface area contributed by atoms with E-state index in [0.29, 0.717) is 31.5 Å². The molecular weight excluding hydrogens is 353 g/mol. The van der Waals surface area contributed by atoms with E-state index >= 15 is 4.39 Å². The molecule has 1 aromatic carbocycles. The van der Waals surface area contributed by atoms with Crippen molar-refractivity contribution < 1.29 is 23.6 Å². The Morgan fingerprint density at radius 3 is 2.41 bits per heavy atom. The lowest BCUT2D eigenvalue weighted by Gasteiger charge is -2.34. The van der Waals surface area contributed by atoms with Crippen molar-refractivity contribution in [2.45, 2.75) is 37.4 Å². The molecule has 3 heterocycles. The lowest BCUT2D eigenvalue weighted by molar-refractivity contribution is -0.136. The number of imide groups is 2. The molecule has 0 saturated carbocycles. The second-order valence-corrected chi connectivity index (χ2v) is 7.48. The fraction of sp³-hybridized carbons (Fsp3) is 0.474. The Morgan fingerprint density at radius 1 is 1.07 bits per heavy atom. The highest BCUT2D eigenvalue weighted by molar-refractivity contribution is 6.23. The quantitative estimate of drug-likeness (QED) is 0.781. The van der Waals surface area contributed by atoms with E-state index < -0.39 is 35.3 Å². The van der Waals surface area contributed by atoms with Crippen LogP contribution in [-0.2, 0) is 15.3 Å². The van der Waals surface area contributed by atoms with Gasteiger partial charge in [-0.15, -0.1) is 0 Å². The number of carbonyl (C=O) groups is 4. The molecule has 4 amide bonds. The number of carbonyl (C=O) groups excluding carboxylic acids is 4. The summed E-state index contributed by atoms with van der Waals surface area (Å²) in [5.41, 5.74) is -0.851. The maximum absolute atomic E-state index is 15.4. The number of halogens is 1. The van der Waals surface area contributed by atoms with Crippen molar-refractivity contribution in [2.24, 2.45) is 0 Å². The van der Waals surface area contributed by atoms with Gasteiger partial charge in [-0.05, 0) is 44.0 Å². The molecule has 1 aromatic rings. The third kappa shape index (κ3) is 2.84. The van der Waals surface area contributed by atoms with E-state index in [1.54, 1.807) is 6.07 Å². The number of likely N-dealkylation sites (tertiary alicyclic amines) is 1. The molecule has 0 aliphatic carbocycles. The van der Waals surface area contributed by atoms with Crippen LogP contribution in [0.3, 0.4) is 0 Å². The second-order valence-electron chi connectivity index (χ2n) is 7.48. The van der Waals surface area contributed by atoms with Gasteiger partial charge in [-0.2, -0.15) is 0 Å². The van der Waals surface area contributed by atoms with Gasteiger partial charge in [0.15, 0.2) is 0 Å². The van der Waals surface area contributed by atoms with Gasteiger partial charge in [-0.25, -0.2) is 4.39 Å². The smallest absolute Gasteiger partial charge is 0.262 e. The highest BCUT2D eigenvalue weighted by Gasteiger charge is 2.45. The first-order valence-electron chi connectivity index (χ1n) is 9.04. The molecule has 0 radical (unpaired) electrons. The second kappa shape index (κ2) is 6.23. The molecule has 0 aromatic heterocycles. The molecule has 0 spiro atoms. The SMILES string of the molecule is CN1CCC(F)(c2ccc3c(c2)C(=O)N(C2CCC(=O)NC2=O)C3=O)CC1. The minimum atomic E-state index is -1.53. The number of benzene rings is 1. The van der Waals surface area contributed by atoms with Crippen molar-refractivity contribution in [3.63, 3.8) is 0 Å². The van der Waals surface area contributed by atoms with Crippen LogP contribution in [0.1, 0.15) is 52.0 Å². The summed E-state index contributed by atoms with van der Waals surface area (Å²) in [5, 5.41) is 2.16. The average molecular weight is 373 g/mol. The van der Waals surface area contributed by atoms with Gasteiger partial charge in [-0.3, -0.25) is 29.4 Å². The first-order valence-corrected chi connectivity index (χ1v) is 9.04. The summed E-state index contributed by atoms with van der Waals surface area (Å²) in [6.07, 6.45) is 0.807. The molecule has 27 heavy (non-hydrogen) atoms. The van der Waals surface area contributed by atoms with Crippen LogP contribution >= 0.6 is 0 Å². The molecule has 0 bridgehead atoms. The first kappa shape index (κ1) is 17.8. The van der Waals surface area contributed by atoms with E-state index in [2.05, 4.69) is 5.32 Å². The molecule has 3 aliphatic heterocycles. The summed E-state index contributed by atoms with van der Waals surface area (Å²) in [7, 11) is 1.93. The third-order valence-electron chi connectivity index (χ3n) is 5.74. The molecule has 1 N–H and O–H groups in total. The van der Waals surface area contributed by atoms with Crippen molar-refractivity contribution in [2.75, 3.05) is 20.1 Å². The molecule has 4 rings (SSSR count). The van der Waals surface area contributed by atoms with Crippen molar-refractivity contribution in [3.8, 4) is 0 Å². The van der Waals surface area contributed by atoms with E-state index in [-0.39, 0.29) is 24.0 Å². The summed E-state index contributed by atoms with van der Waals surface area (Å²) >= 11 is 0. The van der Waals surface area contributed by atoms with Gasteiger partial charge in [0.25, 0.3) is 11.8 Å². The zero-order valence-corrected chi connectivity index (χ0v) is 15.0. The molecule has 2 fully saturated rings. The van der Waals surface area contributed by atoms with Crippen LogP contribution in [0.15, 0.2) is 18.2 Å². The van der Waals surface area contributed by atoms with Crippen LogP contribution in [0.2, 0.25) is 0 Å². The zero-order chi connectivity index (χ0) is 19.3. The monoisotopic (exact) mass is 373 g/mol. The van der Waals surface area contributed by atoms with Gasteiger partial charge in [0.05, 0.1) is 11.1 Å². The molecule has 2 saturated heterocycles. The van der Waals surface area contributed by atoms with Crippen LogP contribution in [0, 0.1) is 0 Å². The third-order valence-corrected chi connectivity index (χ3v) is 5.74. The van der Waals surface area contributed by atoms with Crippen LogP contribution in [0.25, 0.3) is 0 Å². The number of rotatable bonds is 2. The number of nitrogens with zero attached hydrogens (tertiary/aromatic N) is 2. The maximum atomic E-state index is 15.4. The normalized spacial score (nSPS) is 25.6. The topological polar surface area (TPSA) is 86.8 Å². The number of nitrogens with one attached hydrogen (secondary N) is 1. The van der Waals surface area contributed by atoms with Crippen molar-refractivity contribution in [3.05, 3.63) is 34.9 Å². The largest absolute Gasteiger partial charge is 0.306 e. The van der Waals surface area contributed by atoms with Crippen LogP contribution in [-0.4, -0.2) is 59.6 Å². The Balaban J connectivity index is 1.64. The number of amides is 4. The maximum Gasteiger partial charge on any atom is 0.262 e. The van der Waals surface area contributed by atoms with E-state index in [1.165, 1.54) is 12.1 Å². The van der Waals surface area contributed by atoms with Gasteiger partial charge < -0.3 is 4.90 Å². The Kier molecular flexibility index (Phi) is 4.10. The van der Waals surface area contributed by atoms with Gasteiger partial charge in [0.2, 0.25) is 11.8 Å². The van der Waals surface area contributed by atoms with Crippen molar-refractivity contribution >= 4 is 23.6 Å². The Morgan fingerprint density at radius 2 is 1.74 bits per heavy atom. The predicted molar refractivity (Wildman–Crippen MR) is 92.6 cm³/mol.